The van der Waals surface area contributed by atoms with Crippen LogP contribution in [0.1, 0.15) is 19.3 Å². The quantitative estimate of drug-likeness (QED) is 0.724. The van der Waals surface area contributed by atoms with Gasteiger partial charge in [-0.15, -0.1) is 0 Å². The van der Waals surface area contributed by atoms with Crippen LogP contribution in [0.2, 0.25) is 0 Å². The first-order chi connectivity index (χ1) is 10.1. The molecule has 0 aliphatic heterocycles. The zero-order chi connectivity index (χ0) is 15.2. The molecule has 1 aliphatic rings. The summed E-state index contributed by atoms with van der Waals surface area (Å²) in [5, 5.41) is 14.8. The van der Waals surface area contributed by atoms with Crippen molar-refractivity contribution in [2.75, 3.05) is 18.4 Å². The van der Waals surface area contributed by atoms with Crippen molar-refractivity contribution in [1.29, 1.82) is 0 Å². The summed E-state index contributed by atoms with van der Waals surface area (Å²) in [5.41, 5.74) is 0. The van der Waals surface area contributed by atoms with E-state index >= 15 is 0 Å². The second kappa shape index (κ2) is 7.51. The molecule has 1 aromatic heterocycles. The fourth-order valence-corrected chi connectivity index (χ4v) is 2.85. The fraction of sp³-hybridized carbons (Fsp3) is 0.500. The van der Waals surface area contributed by atoms with Crippen molar-refractivity contribution in [2.45, 2.75) is 19.3 Å². The standard InChI is InChI=1S/C14H18BrN3O3/c15-10-4-5-12(17-7-10)18-13(19)8-16-6-9-2-1-3-11(9)14(20)21/h4-5,7,9,11,16H,1-3,6,8H2,(H,20,21)(H,17,18,19). The van der Waals surface area contributed by atoms with Crippen molar-refractivity contribution in [1.82, 2.24) is 10.3 Å². The minimum atomic E-state index is -0.734. The van der Waals surface area contributed by atoms with Gasteiger partial charge in [0.25, 0.3) is 0 Å². The number of hydrogen-bond donors (Lipinski definition) is 3. The number of nitrogens with one attached hydrogen (secondary N) is 2. The largest absolute Gasteiger partial charge is 0.481 e. The number of amides is 1. The van der Waals surface area contributed by atoms with Gasteiger partial charge in [-0.3, -0.25) is 9.59 Å². The van der Waals surface area contributed by atoms with Crippen LogP contribution in [0.15, 0.2) is 22.8 Å². The van der Waals surface area contributed by atoms with Crippen molar-refractivity contribution in [3.63, 3.8) is 0 Å². The molecular weight excluding hydrogens is 338 g/mol. The first-order valence-corrected chi connectivity index (χ1v) is 7.70. The Kier molecular flexibility index (Phi) is 5.69. The third kappa shape index (κ3) is 4.78. The zero-order valence-electron chi connectivity index (χ0n) is 11.5. The van der Waals surface area contributed by atoms with E-state index in [0.29, 0.717) is 12.4 Å². The Morgan fingerprint density at radius 1 is 1.38 bits per heavy atom. The van der Waals surface area contributed by atoms with Crippen molar-refractivity contribution >= 4 is 33.6 Å². The number of carboxylic acid groups (broad SMARTS) is 1. The van der Waals surface area contributed by atoms with E-state index in [1.54, 1.807) is 18.3 Å². The molecule has 1 saturated carbocycles. The van der Waals surface area contributed by atoms with Gasteiger partial charge >= 0.3 is 5.97 Å². The van der Waals surface area contributed by atoms with Gasteiger partial charge in [-0.1, -0.05) is 6.42 Å². The molecule has 2 atom stereocenters. The molecule has 0 radical (unpaired) electrons. The Bertz CT molecular complexity index is 507. The topological polar surface area (TPSA) is 91.3 Å². The van der Waals surface area contributed by atoms with E-state index in [1.807, 2.05) is 0 Å². The van der Waals surface area contributed by atoms with Crippen molar-refractivity contribution in [2.24, 2.45) is 11.8 Å². The minimum absolute atomic E-state index is 0.112. The summed E-state index contributed by atoms with van der Waals surface area (Å²) in [4.78, 5) is 26.9. The van der Waals surface area contributed by atoms with E-state index in [2.05, 4.69) is 31.5 Å². The van der Waals surface area contributed by atoms with Gasteiger partial charge < -0.3 is 15.7 Å². The molecule has 0 spiro atoms. The van der Waals surface area contributed by atoms with E-state index < -0.39 is 5.97 Å². The average molecular weight is 356 g/mol. The minimum Gasteiger partial charge on any atom is -0.481 e. The Labute approximate surface area is 131 Å². The second-order valence-corrected chi connectivity index (χ2v) is 6.09. The third-order valence-corrected chi connectivity index (χ3v) is 4.13. The lowest BCUT2D eigenvalue weighted by atomic mass is 9.96. The summed E-state index contributed by atoms with van der Waals surface area (Å²) < 4.78 is 0.847. The number of halogens is 1. The van der Waals surface area contributed by atoms with Crippen molar-refractivity contribution in [3.05, 3.63) is 22.8 Å². The zero-order valence-corrected chi connectivity index (χ0v) is 13.1. The highest BCUT2D eigenvalue weighted by molar-refractivity contribution is 9.10. The van der Waals surface area contributed by atoms with Crippen LogP contribution in [0.5, 0.6) is 0 Å². The molecule has 21 heavy (non-hydrogen) atoms. The Morgan fingerprint density at radius 3 is 2.86 bits per heavy atom. The highest BCUT2D eigenvalue weighted by atomic mass is 79.9. The number of carbonyl (C=O) groups excluding carboxylic acids is 1. The number of aliphatic carboxylic acids is 1. The maximum atomic E-state index is 11.7. The number of hydrogen-bond acceptors (Lipinski definition) is 4. The van der Waals surface area contributed by atoms with E-state index in [-0.39, 0.29) is 24.3 Å². The molecule has 0 aromatic carbocycles. The number of rotatable bonds is 6. The lowest BCUT2D eigenvalue weighted by Gasteiger charge is -2.16. The van der Waals surface area contributed by atoms with Crippen LogP contribution in [0.4, 0.5) is 5.82 Å². The van der Waals surface area contributed by atoms with E-state index in [0.717, 1.165) is 23.7 Å². The molecule has 1 amide bonds. The molecule has 1 aliphatic carbocycles. The molecule has 1 aromatic rings. The van der Waals surface area contributed by atoms with E-state index in [9.17, 15) is 9.59 Å². The molecule has 7 heteroatoms. The third-order valence-electron chi connectivity index (χ3n) is 3.66. The lowest BCUT2D eigenvalue weighted by Crippen LogP contribution is -2.34. The average Bonchev–Trinajstić information content (AvgIpc) is 2.90. The van der Waals surface area contributed by atoms with Crippen LogP contribution in [0, 0.1) is 11.8 Å². The molecule has 2 rings (SSSR count). The normalized spacial score (nSPS) is 21.2. The predicted molar refractivity (Wildman–Crippen MR) is 81.9 cm³/mol. The molecule has 114 valence electrons. The maximum absolute atomic E-state index is 11.7. The fourth-order valence-electron chi connectivity index (χ4n) is 2.61. The van der Waals surface area contributed by atoms with Crippen LogP contribution < -0.4 is 10.6 Å². The van der Waals surface area contributed by atoms with Crippen LogP contribution >= 0.6 is 15.9 Å². The van der Waals surface area contributed by atoms with Crippen molar-refractivity contribution in [3.8, 4) is 0 Å². The van der Waals surface area contributed by atoms with Gasteiger partial charge in [0.1, 0.15) is 5.82 Å². The van der Waals surface area contributed by atoms with Gasteiger partial charge in [0.15, 0.2) is 0 Å². The maximum Gasteiger partial charge on any atom is 0.306 e. The molecule has 6 nitrogen and oxygen atoms in total. The van der Waals surface area contributed by atoms with Gasteiger partial charge in [0, 0.05) is 10.7 Å². The number of anilines is 1. The SMILES string of the molecule is O=C(CNCC1CCCC1C(=O)O)Nc1ccc(Br)cn1. The van der Waals surface area contributed by atoms with Crippen LogP contribution in [-0.4, -0.2) is 35.1 Å². The van der Waals surface area contributed by atoms with E-state index in [4.69, 9.17) is 5.11 Å². The van der Waals surface area contributed by atoms with Gasteiger partial charge in [0.2, 0.25) is 5.91 Å². The molecule has 0 saturated heterocycles. The van der Waals surface area contributed by atoms with Crippen LogP contribution in [0.25, 0.3) is 0 Å². The molecule has 1 heterocycles. The summed E-state index contributed by atoms with van der Waals surface area (Å²) >= 11 is 3.27. The Hall–Kier alpha value is -1.47. The summed E-state index contributed by atoms with van der Waals surface area (Å²) in [6, 6.07) is 3.51. The first-order valence-electron chi connectivity index (χ1n) is 6.91. The van der Waals surface area contributed by atoms with Gasteiger partial charge in [-0.25, -0.2) is 4.98 Å². The molecule has 3 N–H and O–H groups in total. The van der Waals surface area contributed by atoms with Gasteiger partial charge in [0.05, 0.1) is 12.5 Å². The Morgan fingerprint density at radius 2 is 2.19 bits per heavy atom. The predicted octanol–water partition coefficient (Wildman–Crippen LogP) is 1.87. The van der Waals surface area contributed by atoms with Gasteiger partial charge in [-0.2, -0.15) is 0 Å². The van der Waals surface area contributed by atoms with Gasteiger partial charge in [-0.05, 0) is 53.4 Å². The number of nitrogens with zero attached hydrogens (tertiary/aromatic N) is 1. The number of aromatic nitrogens is 1. The monoisotopic (exact) mass is 355 g/mol. The smallest absolute Gasteiger partial charge is 0.306 e. The highest BCUT2D eigenvalue weighted by Gasteiger charge is 2.32. The summed E-state index contributed by atoms with van der Waals surface area (Å²) in [5.74, 6) is -0.596. The van der Waals surface area contributed by atoms with Crippen molar-refractivity contribution < 1.29 is 14.7 Å². The molecule has 2 unspecified atom stereocenters. The van der Waals surface area contributed by atoms with Crippen LogP contribution in [0.3, 0.4) is 0 Å². The Balaban J connectivity index is 1.72. The summed E-state index contributed by atoms with van der Waals surface area (Å²) in [7, 11) is 0. The summed E-state index contributed by atoms with van der Waals surface area (Å²) in [6.45, 7) is 0.707. The lowest BCUT2D eigenvalue weighted by molar-refractivity contribution is -0.142. The van der Waals surface area contributed by atoms with E-state index in [1.165, 1.54) is 0 Å². The number of carbonyl (C=O) groups is 2. The number of pyridine rings is 1. The second-order valence-electron chi connectivity index (χ2n) is 5.18. The number of carboxylic acids is 1. The highest BCUT2D eigenvalue weighted by Crippen LogP contribution is 2.31. The first kappa shape index (κ1) is 15.9. The molecule has 1 fully saturated rings. The molecule has 0 bridgehead atoms. The summed E-state index contributed by atoms with van der Waals surface area (Å²) in [6.07, 6.45) is 4.19. The molecular formula is C14H18BrN3O3. The van der Waals surface area contributed by atoms with Crippen LogP contribution in [-0.2, 0) is 9.59 Å².